The zero-order chi connectivity index (χ0) is 15.3. The van der Waals surface area contributed by atoms with Crippen LogP contribution in [0.4, 0.5) is 0 Å². The summed E-state index contributed by atoms with van der Waals surface area (Å²) in [5.74, 6) is -0.698. The van der Waals surface area contributed by atoms with Crippen LogP contribution in [0.25, 0.3) is 0 Å². The van der Waals surface area contributed by atoms with Crippen LogP contribution in [0.5, 0.6) is 0 Å². The minimum atomic E-state index is -0.726. The van der Waals surface area contributed by atoms with Crippen molar-refractivity contribution in [3.05, 3.63) is 0 Å². The SMILES string of the molecule is CC(CC(C)C(=O)O)CC(C)(C)OCCC(C)(C)N. The molecule has 0 aliphatic rings. The summed E-state index contributed by atoms with van der Waals surface area (Å²) < 4.78 is 5.89. The summed E-state index contributed by atoms with van der Waals surface area (Å²) in [6.45, 7) is 12.6. The van der Waals surface area contributed by atoms with E-state index in [0.29, 0.717) is 18.9 Å². The Morgan fingerprint density at radius 2 is 1.79 bits per heavy atom. The van der Waals surface area contributed by atoms with Gasteiger partial charge in [0, 0.05) is 12.1 Å². The quantitative estimate of drug-likeness (QED) is 0.677. The highest BCUT2D eigenvalue weighted by molar-refractivity contribution is 5.69. The monoisotopic (exact) mass is 273 g/mol. The topological polar surface area (TPSA) is 72.5 Å². The van der Waals surface area contributed by atoms with Crippen molar-refractivity contribution in [2.75, 3.05) is 6.61 Å². The first-order valence-corrected chi connectivity index (χ1v) is 7.08. The Labute approximate surface area is 117 Å². The highest BCUT2D eigenvalue weighted by Gasteiger charge is 2.25. The molecule has 0 radical (unpaired) electrons. The molecule has 0 amide bonds. The maximum atomic E-state index is 10.8. The molecule has 0 bridgehead atoms. The Morgan fingerprint density at radius 1 is 1.26 bits per heavy atom. The normalized spacial score (nSPS) is 16.2. The lowest BCUT2D eigenvalue weighted by Crippen LogP contribution is -2.36. The molecule has 4 heteroatoms. The van der Waals surface area contributed by atoms with Gasteiger partial charge in [0.15, 0.2) is 0 Å². The third-order valence-electron chi connectivity index (χ3n) is 3.26. The fourth-order valence-corrected chi connectivity index (χ4v) is 2.28. The second kappa shape index (κ2) is 7.25. The maximum absolute atomic E-state index is 10.8. The fraction of sp³-hybridized carbons (Fsp3) is 0.933. The van der Waals surface area contributed by atoms with Gasteiger partial charge in [0.1, 0.15) is 0 Å². The van der Waals surface area contributed by atoms with E-state index in [2.05, 4.69) is 20.8 Å². The molecule has 0 aliphatic carbocycles. The van der Waals surface area contributed by atoms with Gasteiger partial charge in [-0.15, -0.1) is 0 Å². The molecule has 0 saturated carbocycles. The predicted octanol–water partition coefficient (Wildman–Crippen LogP) is 3.05. The summed E-state index contributed by atoms with van der Waals surface area (Å²) in [7, 11) is 0. The van der Waals surface area contributed by atoms with Crippen molar-refractivity contribution in [3.63, 3.8) is 0 Å². The van der Waals surface area contributed by atoms with Crippen LogP contribution in [0, 0.1) is 11.8 Å². The van der Waals surface area contributed by atoms with Crippen LogP contribution in [-0.4, -0.2) is 28.8 Å². The molecule has 2 atom stereocenters. The summed E-state index contributed by atoms with van der Waals surface area (Å²) in [6.07, 6.45) is 2.36. The van der Waals surface area contributed by atoms with Gasteiger partial charge in [-0.05, 0) is 52.9 Å². The second-order valence-corrected chi connectivity index (χ2v) is 7.13. The molecule has 0 rings (SSSR count). The number of carboxylic acids is 1. The minimum absolute atomic E-state index is 0.209. The van der Waals surface area contributed by atoms with E-state index < -0.39 is 5.97 Å². The van der Waals surface area contributed by atoms with Crippen LogP contribution in [-0.2, 0) is 9.53 Å². The van der Waals surface area contributed by atoms with E-state index in [1.54, 1.807) is 6.92 Å². The number of rotatable bonds is 9. The fourth-order valence-electron chi connectivity index (χ4n) is 2.28. The van der Waals surface area contributed by atoms with Gasteiger partial charge in [0.05, 0.1) is 11.5 Å². The molecule has 4 nitrogen and oxygen atoms in total. The zero-order valence-corrected chi connectivity index (χ0v) is 13.3. The first kappa shape index (κ1) is 18.4. The van der Waals surface area contributed by atoms with E-state index in [1.165, 1.54) is 0 Å². The molecule has 0 aliphatic heterocycles. The van der Waals surface area contributed by atoms with Crippen LogP contribution < -0.4 is 5.73 Å². The molecule has 3 N–H and O–H groups in total. The molecule has 0 aromatic carbocycles. The lowest BCUT2D eigenvalue weighted by Gasteiger charge is -2.30. The Bertz CT molecular complexity index is 282. The van der Waals surface area contributed by atoms with Crippen LogP contribution in [0.1, 0.15) is 60.8 Å². The summed E-state index contributed by atoms with van der Waals surface area (Å²) in [4.78, 5) is 10.8. The van der Waals surface area contributed by atoms with Crippen molar-refractivity contribution in [2.24, 2.45) is 17.6 Å². The van der Waals surface area contributed by atoms with E-state index in [0.717, 1.165) is 12.8 Å². The van der Waals surface area contributed by atoms with E-state index >= 15 is 0 Å². The summed E-state index contributed by atoms with van der Waals surface area (Å²) in [5.41, 5.74) is 5.48. The first-order valence-electron chi connectivity index (χ1n) is 7.08. The van der Waals surface area contributed by atoms with Crippen molar-refractivity contribution in [2.45, 2.75) is 71.9 Å². The van der Waals surface area contributed by atoms with Gasteiger partial charge in [0.2, 0.25) is 0 Å². The number of nitrogens with two attached hydrogens (primary N) is 1. The first-order chi connectivity index (χ1) is 8.43. The number of hydrogen-bond acceptors (Lipinski definition) is 3. The average Bonchev–Trinajstić information content (AvgIpc) is 2.12. The molecule has 19 heavy (non-hydrogen) atoms. The van der Waals surface area contributed by atoms with Gasteiger partial charge in [-0.1, -0.05) is 13.8 Å². The van der Waals surface area contributed by atoms with Gasteiger partial charge in [-0.2, -0.15) is 0 Å². The molecule has 2 unspecified atom stereocenters. The summed E-state index contributed by atoms with van der Waals surface area (Å²) in [6, 6.07) is 0. The van der Waals surface area contributed by atoms with E-state index in [1.807, 2.05) is 13.8 Å². The lowest BCUT2D eigenvalue weighted by molar-refractivity contribution is -0.141. The van der Waals surface area contributed by atoms with E-state index in [9.17, 15) is 4.79 Å². The summed E-state index contributed by atoms with van der Waals surface area (Å²) in [5, 5.41) is 8.92. The molecule has 0 aromatic heterocycles. The Balaban J connectivity index is 4.10. The number of aliphatic carboxylic acids is 1. The Hall–Kier alpha value is -0.610. The lowest BCUT2D eigenvalue weighted by atomic mass is 9.88. The highest BCUT2D eigenvalue weighted by atomic mass is 16.5. The number of ether oxygens (including phenoxy) is 1. The smallest absolute Gasteiger partial charge is 0.306 e. The van der Waals surface area contributed by atoms with Crippen molar-refractivity contribution < 1.29 is 14.6 Å². The van der Waals surface area contributed by atoms with E-state index in [4.69, 9.17) is 15.6 Å². The van der Waals surface area contributed by atoms with Gasteiger partial charge < -0.3 is 15.6 Å². The van der Waals surface area contributed by atoms with Crippen LogP contribution in [0.3, 0.4) is 0 Å². The van der Waals surface area contributed by atoms with Crippen LogP contribution in [0.2, 0.25) is 0 Å². The third kappa shape index (κ3) is 9.91. The molecule has 0 fully saturated rings. The molecular formula is C15H31NO3. The van der Waals surface area contributed by atoms with Gasteiger partial charge >= 0.3 is 5.97 Å². The van der Waals surface area contributed by atoms with Crippen molar-refractivity contribution >= 4 is 5.97 Å². The third-order valence-corrected chi connectivity index (χ3v) is 3.26. The van der Waals surface area contributed by atoms with Crippen molar-refractivity contribution in [1.82, 2.24) is 0 Å². The second-order valence-electron chi connectivity index (χ2n) is 7.13. The maximum Gasteiger partial charge on any atom is 0.306 e. The molecule has 0 saturated heterocycles. The van der Waals surface area contributed by atoms with Gasteiger partial charge in [0.25, 0.3) is 0 Å². The van der Waals surface area contributed by atoms with Crippen molar-refractivity contribution in [3.8, 4) is 0 Å². The van der Waals surface area contributed by atoms with Crippen molar-refractivity contribution in [1.29, 1.82) is 0 Å². The van der Waals surface area contributed by atoms with Crippen LogP contribution in [0.15, 0.2) is 0 Å². The minimum Gasteiger partial charge on any atom is -0.481 e. The molecule has 0 heterocycles. The standard InChI is InChI=1S/C15H31NO3/c1-11(9-12(2)13(17)18)10-15(5,6)19-8-7-14(3,4)16/h11-12H,7-10,16H2,1-6H3,(H,17,18). The highest BCUT2D eigenvalue weighted by Crippen LogP contribution is 2.25. The number of carbonyl (C=O) groups is 1. The predicted molar refractivity (Wildman–Crippen MR) is 78.1 cm³/mol. The zero-order valence-electron chi connectivity index (χ0n) is 13.3. The van der Waals surface area contributed by atoms with Crippen LogP contribution >= 0.6 is 0 Å². The molecule has 0 spiro atoms. The molecule has 0 aromatic rings. The Morgan fingerprint density at radius 3 is 2.21 bits per heavy atom. The molecule has 114 valence electrons. The number of carboxylic acid groups (broad SMARTS) is 1. The Kier molecular flexibility index (Phi) is 7.01. The number of hydrogen-bond donors (Lipinski definition) is 2. The average molecular weight is 273 g/mol. The van der Waals surface area contributed by atoms with Gasteiger partial charge in [-0.3, -0.25) is 4.79 Å². The summed E-state index contributed by atoms with van der Waals surface area (Å²) >= 11 is 0. The van der Waals surface area contributed by atoms with Gasteiger partial charge in [-0.25, -0.2) is 0 Å². The van der Waals surface area contributed by atoms with E-state index in [-0.39, 0.29) is 17.1 Å². The molecular weight excluding hydrogens is 242 g/mol. The largest absolute Gasteiger partial charge is 0.481 e.